The molecule has 5 heteroatoms. The lowest BCUT2D eigenvalue weighted by Crippen LogP contribution is -2.18. The number of hydrogen-bond donors (Lipinski definition) is 1. The molecule has 2 heterocycles. The van der Waals surface area contributed by atoms with Crippen molar-refractivity contribution in [3.05, 3.63) is 23.7 Å². The van der Waals surface area contributed by atoms with Crippen LogP contribution in [0.5, 0.6) is 0 Å². The van der Waals surface area contributed by atoms with E-state index >= 15 is 0 Å². The maximum atomic E-state index is 5.69. The third-order valence-electron chi connectivity index (χ3n) is 3.27. The zero-order chi connectivity index (χ0) is 14.0. The molecule has 0 bridgehead atoms. The van der Waals surface area contributed by atoms with Gasteiger partial charge in [0.25, 0.3) is 0 Å². The lowest BCUT2D eigenvalue weighted by Gasteiger charge is -2.10. The molecule has 1 saturated heterocycles. The van der Waals surface area contributed by atoms with E-state index in [2.05, 4.69) is 17.6 Å². The van der Waals surface area contributed by atoms with Crippen molar-refractivity contribution in [1.82, 2.24) is 5.32 Å². The van der Waals surface area contributed by atoms with E-state index < -0.39 is 0 Å². The summed E-state index contributed by atoms with van der Waals surface area (Å²) < 4.78 is 16.8. The summed E-state index contributed by atoms with van der Waals surface area (Å²) in [5.74, 6) is 3.00. The first-order valence-electron chi connectivity index (χ1n) is 7.35. The molecule has 0 aliphatic carbocycles. The first kappa shape index (κ1) is 15.9. The van der Waals surface area contributed by atoms with Crippen molar-refractivity contribution in [3.63, 3.8) is 0 Å². The highest BCUT2D eigenvalue weighted by molar-refractivity contribution is 7.97. The number of hydrogen-bond acceptors (Lipinski definition) is 5. The smallest absolute Gasteiger partial charge is 0.117 e. The van der Waals surface area contributed by atoms with Crippen LogP contribution in [0.15, 0.2) is 16.5 Å². The van der Waals surface area contributed by atoms with Gasteiger partial charge in [0.2, 0.25) is 0 Å². The van der Waals surface area contributed by atoms with Crippen molar-refractivity contribution < 1.29 is 13.9 Å². The Morgan fingerprint density at radius 3 is 3.10 bits per heavy atom. The zero-order valence-corrected chi connectivity index (χ0v) is 13.0. The molecule has 0 amide bonds. The van der Waals surface area contributed by atoms with Gasteiger partial charge < -0.3 is 19.2 Å². The van der Waals surface area contributed by atoms with Crippen molar-refractivity contribution in [2.45, 2.75) is 37.7 Å². The molecule has 1 N–H and O–H groups in total. The molecule has 20 heavy (non-hydrogen) atoms. The monoisotopic (exact) mass is 299 g/mol. The number of ether oxygens (including phenoxy) is 2. The number of furan rings is 1. The van der Waals surface area contributed by atoms with Crippen molar-refractivity contribution in [1.29, 1.82) is 0 Å². The van der Waals surface area contributed by atoms with E-state index in [-0.39, 0.29) is 0 Å². The molecule has 1 unspecified atom stereocenters. The first-order valence-corrected chi connectivity index (χ1v) is 8.74. The Hall–Kier alpha value is -0.490. The van der Waals surface area contributed by atoms with Gasteiger partial charge in [-0.25, -0.2) is 0 Å². The van der Waals surface area contributed by atoms with Gasteiger partial charge in [0.05, 0.1) is 25.0 Å². The molecule has 1 aliphatic heterocycles. The van der Waals surface area contributed by atoms with Gasteiger partial charge >= 0.3 is 0 Å². The predicted octanol–water partition coefficient (Wildman–Crippen LogP) is 2.82. The summed E-state index contributed by atoms with van der Waals surface area (Å²) >= 11 is 1.77. The van der Waals surface area contributed by atoms with Crippen molar-refractivity contribution in [2.75, 3.05) is 32.6 Å². The summed E-state index contributed by atoms with van der Waals surface area (Å²) in [4.78, 5) is 0. The second kappa shape index (κ2) is 9.45. The van der Waals surface area contributed by atoms with Crippen LogP contribution in [0.25, 0.3) is 0 Å². The lowest BCUT2D eigenvalue weighted by molar-refractivity contribution is 0.0166. The van der Waals surface area contributed by atoms with Crippen molar-refractivity contribution in [2.24, 2.45) is 0 Å². The number of rotatable bonds is 10. The third kappa shape index (κ3) is 5.87. The average Bonchev–Trinajstić information content (AvgIpc) is 3.10. The van der Waals surface area contributed by atoms with Gasteiger partial charge in [-0.1, -0.05) is 0 Å². The number of thioether (sulfide) groups is 1. The summed E-state index contributed by atoms with van der Waals surface area (Å²) in [6.45, 7) is 4.18. The standard InChI is InChI=1S/C15H25NO3S/c1-20-12-15-6-5-13(19-15)10-16-7-3-8-17-11-14-4-2-9-18-14/h5-6,14,16H,2-4,7-12H2,1H3. The van der Waals surface area contributed by atoms with Crippen LogP contribution < -0.4 is 5.32 Å². The molecule has 0 saturated carbocycles. The van der Waals surface area contributed by atoms with Crippen LogP contribution in [0.4, 0.5) is 0 Å². The van der Waals surface area contributed by atoms with E-state index in [9.17, 15) is 0 Å². The molecule has 4 nitrogen and oxygen atoms in total. The second-order valence-corrected chi connectivity index (χ2v) is 5.91. The number of nitrogens with one attached hydrogen (secondary N) is 1. The van der Waals surface area contributed by atoms with E-state index in [0.29, 0.717) is 6.10 Å². The Morgan fingerprint density at radius 1 is 1.40 bits per heavy atom. The van der Waals surface area contributed by atoms with Crippen LogP contribution in [-0.2, 0) is 21.8 Å². The Labute approximate surface area is 125 Å². The lowest BCUT2D eigenvalue weighted by atomic mass is 10.2. The van der Waals surface area contributed by atoms with Gasteiger partial charge in [-0.3, -0.25) is 0 Å². The average molecular weight is 299 g/mol. The molecule has 0 spiro atoms. The Morgan fingerprint density at radius 2 is 2.30 bits per heavy atom. The van der Waals surface area contributed by atoms with Crippen LogP contribution in [0.2, 0.25) is 0 Å². The molecule has 2 rings (SSSR count). The largest absolute Gasteiger partial charge is 0.464 e. The quantitative estimate of drug-likeness (QED) is 0.673. The van der Waals surface area contributed by atoms with Crippen LogP contribution >= 0.6 is 11.8 Å². The minimum atomic E-state index is 0.334. The second-order valence-electron chi connectivity index (χ2n) is 5.04. The molecule has 1 aromatic heterocycles. The Kier molecular flexibility index (Phi) is 7.51. The van der Waals surface area contributed by atoms with Gasteiger partial charge in [0.15, 0.2) is 0 Å². The molecular formula is C15H25NO3S. The summed E-state index contributed by atoms with van der Waals surface area (Å²) in [5.41, 5.74) is 0. The predicted molar refractivity (Wildman–Crippen MR) is 82.0 cm³/mol. The molecule has 0 radical (unpaired) electrons. The van der Waals surface area contributed by atoms with Crippen LogP contribution in [0, 0.1) is 0 Å². The minimum absolute atomic E-state index is 0.334. The molecule has 1 atom stereocenters. The van der Waals surface area contributed by atoms with Gasteiger partial charge in [-0.2, -0.15) is 11.8 Å². The maximum absolute atomic E-state index is 5.69. The fourth-order valence-electron chi connectivity index (χ4n) is 2.24. The van der Waals surface area contributed by atoms with Crippen LogP contribution in [0.1, 0.15) is 30.8 Å². The van der Waals surface area contributed by atoms with Gasteiger partial charge in [0, 0.05) is 13.2 Å². The van der Waals surface area contributed by atoms with Gasteiger partial charge in [0.1, 0.15) is 11.5 Å². The fraction of sp³-hybridized carbons (Fsp3) is 0.733. The fourth-order valence-corrected chi connectivity index (χ4v) is 2.68. The Bertz CT molecular complexity index is 364. The Balaban J connectivity index is 1.44. The topological polar surface area (TPSA) is 43.6 Å². The highest BCUT2D eigenvalue weighted by Crippen LogP contribution is 2.13. The van der Waals surface area contributed by atoms with E-state index in [1.54, 1.807) is 11.8 Å². The van der Waals surface area contributed by atoms with E-state index in [1.807, 2.05) is 6.07 Å². The summed E-state index contributed by atoms with van der Waals surface area (Å²) in [7, 11) is 0. The molecule has 114 valence electrons. The summed E-state index contributed by atoms with van der Waals surface area (Å²) in [6, 6.07) is 4.10. The normalized spacial score (nSPS) is 18.8. The highest BCUT2D eigenvalue weighted by Gasteiger charge is 2.14. The summed E-state index contributed by atoms with van der Waals surface area (Å²) in [5, 5.41) is 3.37. The van der Waals surface area contributed by atoms with E-state index in [4.69, 9.17) is 13.9 Å². The summed E-state index contributed by atoms with van der Waals surface area (Å²) in [6.07, 6.45) is 5.76. The van der Waals surface area contributed by atoms with Gasteiger partial charge in [-0.05, 0) is 44.2 Å². The minimum Gasteiger partial charge on any atom is -0.464 e. The van der Waals surface area contributed by atoms with Gasteiger partial charge in [-0.15, -0.1) is 0 Å². The first-order chi connectivity index (χ1) is 9.88. The van der Waals surface area contributed by atoms with E-state index in [1.165, 1.54) is 6.42 Å². The molecule has 1 fully saturated rings. The zero-order valence-electron chi connectivity index (χ0n) is 12.2. The van der Waals surface area contributed by atoms with Crippen molar-refractivity contribution in [3.8, 4) is 0 Å². The maximum Gasteiger partial charge on any atom is 0.117 e. The third-order valence-corrected chi connectivity index (χ3v) is 3.85. The van der Waals surface area contributed by atoms with Crippen molar-refractivity contribution >= 4 is 11.8 Å². The highest BCUT2D eigenvalue weighted by atomic mass is 32.2. The van der Waals surface area contributed by atoms with Crippen LogP contribution in [-0.4, -0.2) is 38.7 Å². The molecule has 0 aromatic carbocycles. The van der Waals surface area contributed by atoms with E-state index in [0.717, 1.165) is 63.0 Å². The SMILES string of the molecule is CSCc1ccc(CNCCCOCC2CCCO2)o1. The van der Waals surface area contributed by atoms with Crippen LogP contribution in [0.3, 0.4) is 0 Å². The molecule has 1 aromatic rings. The molecule has 1 aliphatic rings. The molecular weight excluding hydrogens is 274 g/mol.